The topological polar surface area (TPSA) is 56.8 Å². The predicted octanol–water partition coefficient (Wildman–Crippen LogP) is 5.29. The summed E-state index contributed by atoms with van der Waals surface area (Å²) >= 11 is 0. The van der Waals surface area contributed by atoms with Crippen LogP contribution < -0.4 is 19.5 Å². The monoisotopic (exact) mass is 405 g/mol. The Kier molecular flexibility index (Phi) is 7.72. The van der Waals surface area contributed by atoms with Gasteiger partial charge in [0.05, 0.1) is 5.69 Å². The molecular weight excluding hydrogens is 378 g/mol. The molecule has 0 aliphatic carbocycles. The number of anilines is 1. The molecule has 1 amide bonds. The van der Waals surface area contributed by atoms with Crippen molar-refractivity contribution >= 4 is 11.6 Å². The average Bonchev–Trinajstić information content (AvgIpc) is 2.77. The van der Waals surface area contributed by atoms with Gasteiger partial charge in [-0.3, -0.25) is 4.79 Å². The summed E-state index contributed by atoms with van der Waals surface area (Å²) in [6.45, 7) is 4.88. The highest BCUT2D eigenvalue weighted by molar-refractivity contribution is 5.93. The van der Waals surface area contributed by atoms with Gasteiger partial charge in [0, 0.05) is 0 Å². The number of hydrogen-bond acceptors (Lipinski definition) is 4. The smallest absolute Gasteiger partial charge is 0.262 e. The maximum Gasteiger partial charge on any atom is 0.262 e. The molecule has 156 valence electrons. The molecule has 0 fully saturated rings. The van der Waals surface area contributed by atoms with E-state index in [1.807, 2.05) is 72.8 Å². The number of carbonyl (C=O) groups is 1. The number of nitrogens with one attached hydrogen (secondary N) is 1. The van der Waals surface area contributed by atoms with Crippen LogP contribution in [0.1, 0.15) is 25.3 Å². The second-order valence-electron chi connectivity index (χ2n) is 7.04. The lowest BCUT2D eigenvalue weighted by Gasteiger charge is -2.15. The van der Waals surface area contributed by atoms with Crippen molar-refractivity contribution in [3.63, 3.8) is 0 Å². The number of para-hydroxylation sites is 4. The number of hydrogen-bond donors (Lipinski definition) is 1. The first kappa shape index (κ1) is 21.2. The minimum atomic E-state index is -0.245. The number of benzene rings is 3. The largest absolute Gasteiger partial charge is 0.490 e. The molecule has 0 aromatic heterocycles. The van der Waals surface area contributed by atoms with E-state index in [0.717, 1.165) is 17.1 Å². The Morgan fingerprint density at radius 3 is 2.17 bits per heavy atom. The maximum atomic E-state index is 12.4. The highest BCUT2D eigenvalue weighted by atomic mass is 16.5. The van der Waals surface area contributed by atoms with Gasteiger partial charge in [0.2, 0.25) is 0 Å². The highest BCUT2D eigenvalue weighted by Crippen LogP contribution is 2.26. The van der Waals surface area contributed by atoms with Crippen LogP contribution in [0.2, 0.25) is 0 Å². The summed E-state index contributed by atoms with van der Waals surface area (Å²) in [4.78, 5) is 12.4. The number of rotatable bonds is 10. The molecule has 0 radical (unpaired) electrons. The molecule has 3 rings (SSSR count). The molecule has 1 N–H and O–H groups in total. The SMILES string of the molecule is CC(C)c1ccccc1OCC(=O)Nc1ccccc1OCCOc1ccccc1. The van der Waals surface area contributed by atoms with Gasteiger partial charge in [-0.25, -0.2) is 0 Å². The van der Waals surface area contributed by atoms with Crippen molar-refractivity contribution in [1.29, 1.82) is 0 Å². The van der Waals surface area contributed by atoms with E-state index in [1.165, 1.54) is 0 Å². The van der Waals surface area contributed by atoms with Crippen LogP contribution in [-0.4, -0.2) is 25.7 Å². The van der Waals surface area contributed by atoms with Crippen LogP contribution in [0.3, 0.4) is 0 Å². The van der Waals surface area contributed by atoms with Crippen molar-refractivity contribution in [3.05, 3.63) is 84.4 Å². The molecular formula is C25H27NO4. The van der Waals surface area contributed by atoms with Gasteiger partial charge in [0.25, 0.3) is 5.91 Å². The molecule has 5 heteroatoms. The van der Waals surface area contributed by atoms with E-state index in [9.17, 15) is 4.79 Å². The second kappa shape index (κ2) is 10.9. The van der Waals surface area contributed by atoms with Gasteiger partial charge in [0.1, 0.15) is 30.5 Å². The van der Waals surface area contributed by atoms with Gasteiger partial charge >= 0.3 is 0 Å². The Balaban J connectivity index is 1.51. The third kappa shape index (κ3) is 6.27. The fourth-order valence-electron chi connectivity index (χ4n) is 2.94. The molecule has 0 unspecified atom stereocenters. The standard InChI is InChI=1S/C25H27NO4/c1-19(2)21-12-6-8-14-23(21)30-18-25(27)26-22-13-7-9-15-24(22)29-17-16-28-20-10-4-3-5-11-20/h3-15,19H,16-18H2,1-2H3,(H,26,27). The molecule has 0 aliphatic heterocycles. The van der Waals surface area contributed by atoms with Gasteiger partial charge in [-0.1, -0.05) is 62.4 Å². The molecule has 3 aromatic rings. The summed E-state index contributed by atoms with van der Waals surface area (Å²) in [7, 11) is 0. The van der Waals surface area contributed by atoms with Gasteiger partial charge in [-0.2, -0.15) is 0 Å². The normalized spacial score (nSPS) is 10.5. The average molecular weight is 405 g/mol. The predicted molar refractivity (Wildman–Crippen MR) is 119 cm³/mol. The zero-order valence-corrected chi connectivity index (χ0v) is 17.3. The Morgan fingerprint density at radius 1 is 0.767 bits per heavy atom. The van der Waals surface area contributed by atoms with Crippen molar-refractivity contribution < 1.29 is 19.0 Å². The van der Waals surface area contributed by atoms with Crippen molar-refractivity contribution in [1.82, 2.24) is 0 Å². The Morgan fingerprint density at radius 2 is 1.40 bits per heavy atom. The Hall–Kier alpha value is -3.47. The van der Waals surface area contributed by atoms with E-state index in [2.05, 4.69) is 19.2 Å². The summed E-state index contributed by atoms with van der Waals surface area (Å²) in [5, 5.41) is 2.86. The van der Waals surface area contributed by atoms with Crippen LogP contribution in [-0.2, 0) is 4.79 Å². The van der Waals surface area contributed by atoms with E-state index in [-0.39, 0.29) is 12.5 Å². The second-order valence-corrected chi connectivity index (χ2v) is 7.04. The minimum Gasteiger partial charge on any atom is -0.490 e. The van der Waals surface area contributed by atoms with Crippen LogP contribution in [0.4, 0.5) is 5.69 Å². The fourth-order valence-corrected chi connectivity index (χ4v) is 2.94. The summed E-state index contributed by atoms with van der Waals surface area (Å²) in [5.41, 5.74) is 1.68. The molecule has 0 saturated heterocycles. The number of amides is 1. The van der Waals surface area contributed by atoms with E-state index in [1.54, 1.807) is 6.07 Å². The molecule has 0 atom stereocenters. The third-order valence-electron chi connectivity index (χ3n) is 4.41. The summed E-state index contributed by atoms with van der Waals surface area (Å²) < 4.78 is 17.2. The minimum absolute atomic E-state index is 0.0742. The molecule has 5 nitrogen and oxygen atoms in total. The van der Waals surface area contributed by atoms with Gasteiger partial charge in [-0.05, 0) is 41.8 Å². The van der Waals surface area contributed by atoms with Crippen LogP contribution >= 0.6 is 0 Å². The van der Waals surface area contributed by atoms with Crippen LogP contribution in [0, 0.1) is 0 Å². The Bertz CT molecular complexity index is 941. The lowest BCUT2D eigenvalue weighted by molar-refractivity contribution is -0.118. The quantitative estimate of drug-likeness (QED) is 0.466. The van der Waals surface area contributed by atoms with Crippen LogP contribution in [0.5, 0.6) is 17.2 Å². The zero-order chi connectivity index (χ0) is 21.2. The lowest BCUT2D eigenvalue weighted by atomic mass is 10.0. The highest BCUT2D eigenvalue weighted by Gasteiger charge is 2.11. The van der Waals surface area contributed by atoms with Gasteiger partial charge in [0.15, 0.2) is 6.61 Å². The summed E-state index contributed by atoms with van der Waals surface area (Å²) in [5.74, 6) is 2.18. The molecule has 0 heterocycles. The molecule has 3 aromatic carbocycles. The first-order valence-corrected chi connectivity index (χ1v) is 10.0. The molecule has 30 heavy (non-hydrogen) atoms. The van der Waals surface area contributed by atoms with Crippen molar-refractivity contribution in [2.75, 3.05) is 25.1 Å². The van der Waals surface area contributed by atoms with E-state index >= 15 is 0 Å². The molecule has 0 saturated carbocycles. The fraction of sp³-hybridized carbons (Fsp3) is 0.240. The number of ether oxygens (including phenoxy) is 3. The van der Waals surface area contributed by atoms with E-state index < -0.39 is 0 Å². The lowest BCUT2D eigenvalue weighted by Crippen LogP contribution is -2.21. The molecule has 0 spiro atoms. The first-order valence-electron chi connectivity index (χ1n) is 10.0. The van der Waals surface area contributed by atoms with Crippen molar-refractivity contribution in [2.24, 2.45) is 0 Å². The molecule has 0 aliphatic rings. The van der Waals surface area contributed by atoms with Crippen LogP contribution in [0.15, 0.2) is 78.9 Å². The zero-order valence-electron chi connectivity index (χ0n) is 17.3. The van der Waals surface area contributed by atoms with Crippen molar-refractivity contribution in [2.45, 2.75) is 19.8 Å². The Labute approximate surface area is 177 Å². The molecule has 0 bridgehead atoms. The third-order valence-corrected chi connectivity index (χ3v) is 4.41. The van der Waals surface area contributed by atoms with Gasteiger partial charge in [-0.15, -0.1) is 0 Å². The summed E-state index contributed by atoms with van der Waals surface area (Å²) in [6.07, 6.45) is 0. The van der Waals surface area contributed by atoms with E-state index in [0.29, 0.717) is 30.6 Å². The first-order chi connectivity index (χ1) is 14.6. The van der Waals surface area contributed by atoms with Crippen molar-refractivity contribution in [3.8, 4) is 17.2 Å². The number of carbonyl (C=O) groups excluding carboxylic acids is 1. The van der Waals surface area contributed by atoms with Crippen LogP contribution in [0.25, 0.3) is 0 Å². The van der Waals surface area contributed by atoms with Gasteiger partial charge < -0.3 is 19.5 Å². The maximum absolute atomic E-state index is 12.4. The van der Waals surface area contributed by atoms with E-state index in [4.69, 9.17) is 14.2 Å². The summed E-state index contributed by atoms with van der Waals surface area (Å²) in [6, 6.07) is 24.6.